The highest BCUT2D eigenvalue weighted by atomic mass is 35.5. The molecule has 1 aromatic carbocycles. The molecule has 0 aliphatic heterocycles. The van der Waals surface area contributed by atoms with Gasteiger partial charge in [0.15, 0.2) is 0 Å². The molecular formula is C14H19ClN2O2. The maximum absolute atomic E-state index is 11.2. The number of hydrogen-bond donors (Lipinski definition) is 0. The summed E-state index contributed by atoms with van der Waals surface area (Å²) in [6.45, 7) is 2.81. The zero-order chi connectivity index (χ0) is 13.8. The molecule has 0 heterocycles. The molecule has 0 radical (unpaired) electrons. The Labute approximate surface area is 118 Å². The number of para-hydroxylation sites is 1. The molecule has 0 atom stereocenters. The summed E-state index contributed by atoms with van der Waals surface area (Å²) in [5, 5.41) is 11.5. The van der Waals surface area contributed by atoms with Gasteiger partial charge in [-0.05, 0) is 31.9 Å². The molecule has 0 saturated heterocycles. The summed E-state index contributed by atoms with van der Waals surface area (Å²) in [7, 11) is 0. The Morgan fingerprint density at radius 3 is 2.63 bits per heavy atom. The SMILES string of the molecule is CCN(c1cccc(Cl)c1[N+](=O)[O-])C1CCCCC1. The monoisotopic (exact) mass is 282 g/mol. The van der Waals surface area contributed by atoms with E-state index in [0.29, 0.717) is 11.7 Å². The Balaban J connectivity index is 2.37. The van der Waals surface area contributed by atoms with Gasteiger partial charge in [-0.1, -0.05) is 36.9 Å². The van der Waals surface area contributed by atoms with Crippen molar-refractivity contribution in [1.82, 2.24) is 0 Å². The average Bonchev–Trinajstić information content (AvgIpc) is 2.40. The molecule has 0 N–H and O–H groups in total. The standard InChI is InChI=1S/C14H19ClN2O2/c1-2-16(11-7-4-3-5-8-11)13-10-6-9-12(15)14(13)17(18)19/h6,9-11H,2-5,7-8H2,1H3. The number of hydrogen-bond acceptors (Lipinski definition) is 3. The van der Waals surface area contributed by atoms with Crippen LogP contribution in [0.2, 0.25) is 5.02 Å². The van der Waals surface area contributed by atoms with Gasteiger partial charge in [0.05, 0.1) is 4.92 Å². The molecule has 0 amide bonds. The summed E-state index contributed by atoms with van der Waals surface area (Å²) in [4.78, 5) is 13.0. The van der Waals surface area contributed by atoms with E-state index in [1.807, 2.05) is 13.0 Å². The van der Waals surface area contributed by atoms with Gasteiger partial charge < -0.3 is 4.90 Å². The lowest BCUT2D eigenvalue weighted by Crippen LogP contribution is -2.37. The smallest absolute Gasteiger partial charge is 0.310 e. The van der Waals surface area contributed by atoms with Crippen molar-refractivity contribution in [2.75, 3.05) is 11.4 Å². The van der Waals surface area contributed by atoms with Crippen LogP contribution in [0.4, 0.5) is 11.4 Å². The van der Waals surface area contributed by atoms with Crippen LogP contribution in [0, 0.1) is 10.1 Å². The van der Waals surface area contributed by atoms with Gasteiger partial charge in [0, 0.05) is 12.6 Å². The number of nitrogens with zero attached hydrogens (tertiary/aromatic N) is 2. The molecule has 19 heavy (non-hydrogen) atoms. The van der Waals surface area contributed by atoms with Crippen LogP contribution in [0.3, 0.4) is 0 Å². The molecule has 1 saturated carbocycles. The van der Waals surface area contributed by atoms with Gasteiger partial charge in [0.2, 0.25) is 0 Å². The average molecular weight is 283 g/mol. The molecule has 1 aliphatic carbocycles. The van der Waals surface area contributed by atoms with Crippen molar-refractivity contribution >= 4 is 23.0 Å². The van der Waals surface area contributed by atoms with E-state index in [0.717, 1.165) is 19.4 Å². The zero-order valence-corrected chi connectivity index (χ0v) is 11.9. The van der Waals surface area contributed by atoms with Gasteiger partial charge in [-0.15, -0.1) is 0 Å². The van der Waals surface area contributed by atoms with Gasteiger partial charge in [0.25, 0.3) is 0 Å². The van der Waals surface area contributed by atoms with Crippen LogP contribution < -0.4 is 4.90 Å². The van der Waals surface area contributed by atoms with Crippen LogP contribution in [0.1, 0.15) is 39.0 Å². The second-order valence-electron chi connectivity index (χ2n) is 4.94. The Morgan fingerprint density at radius 2 is 2.05 bits per heavy atom. The van der Waals surface area contributed by atoms with Crippen molar-refractivity contribution in [3.63, 3.8) is 0 Å². The van der Waals surface area contributed by atoms with Gasteiger partial charge in [-0.2, -0.15) is 0 Å². The van der Waals surface area contributed by atoms with E-state index in [2.05, 4.69) is 4.90 Å². The van der Waals surface area contributed by atoms with Crippen molar-refractivity contribution in [2.24, 2.45) is 0 Å². The van der Waals surface area contributed by atoms with E-state index in [9.17, 15) is 10.1 Å². The highest BCUT2D eigenvalue weighted by Crippen LogP contribution is 2.37. The third-order valence-corrected chi connectivity index (χ3v) is 4.12. The van der Waals surface area contributed by atoms with Gasteiger partial charge in [-0.3, -0.25) is 10.1 Å². The van der Waals surface area contributed by atoms with Crippen LogP contribution in [-0.2, 0) is 0 Å². The van der Waals surface area contributed by atoms with E-state index >= 15 is 0 Å². The summed E-state index contributed by atoms with van der Waals surface area (Å²) in [6.07, 6.45) is 5.89. The molecule has 0 unspecified atom stereocenters. The Bertz CT molecular complexity index is 459. The molecule has 0 spiro atoms. The Hall–Kier alpha value is -1.29. The number of anilines is 1. The van der Waals surface area contributed by atoms with Crippen molar-refractivity contribution in [3.05, 3.63) is 33.3 Å². The zero-order valence-electron chi connectivity index (χ0n) is 11.1. The van der Waals surface area contributed by atoms with E-state index in [1.54, 1.807) is 12.1 Å². The molecule has 1 aromatic rings. The minimum absolute atomic E-state index is 0.0385. The fourth-order valence-electron chi connectivity index (χ4n) is 2.93. The molecule has 4 nitrogen and oxygen atoms in total. The first-order chi connectivity index (χ1) is 9.15. The van der Waals surface area contributed by atoms with Crippen molar-refractivity contribution in [1.29, 1.82) is 0 Å². The largest absolute Gasteiger partial charge is 0.363 e. The van der Waals surface area contributed by atoms with Crippen molar-refractivity contribution < 1.29 is 4.92 Å². The first-order valence-electron chi connectivity index (χ1n) is 6.84. The molecular weight excluding hydrogens is 264 g/mol. The summed E-state index contributed by atoms with van der Waals surface area (Å²) in [6, 6.07) is 5.58. The first kappa shape index (κ1) is 14.1. The van der Waals surface area contributed by atoms with Gasteiger partial charge in [-0.25, -0.2) is 0 Å². The van der Waals surface area contributed by atoms with E-state index < -0.39 is 0 Å². The van der Waals surface area contributed by atoms with Crippen LogP contribution in [0.25, 0.3) is 0 Å². The van der Waals surface area contributed by atoms with Crippen LogP contribution in [0.15, 0.2) is 18.2 Å². The van der Waals surface area contributed by atoms with Crippen LogP contribution >= 0.6 is 11.6 Å². The maximum Gasteiger partial charge on any atom is 0.310 e. The predicted molar refractivity (Wildman–Crippen MR) is 78.0 cm³/mol. The molecule has 5 heteroatoms. The number of halogens is 1. The normalized spacial score (nSPS) is 16.3. The summed E-state index contributed by atoms with van der Waals surface area (Å²) >= 11 is 6.00. The van der Waals surface area contributed by atoms with Crippen LogP contribution in [0.5, 0.6) is 0 Å². The fraction of sp³-hybridized carbons (Fsp3) is 0.571. The molecule has 2 rings (SSSR count). The highest BCUT2D eigenvalue weighted by Gasteiger charge is 2.27. The molecule has 1 aliphatic rings. The maximum atomic E-state index is 11.2. The van der Waals surface area contributed by atoms with Crippen molar-refractivity contribution in [3.8, 4) is 0 Å². The topological polar surface area (TPSA) is 46.4 Å². The molecule has 104 valence electrons. The number of nitro groups is 1. The lowest BCUT2D eigenvalue weighted by atomic mass is 9.93. The third-order valence-electron chi connectivity index (χ3n) is 3.81. The second-order valence-corrected chi connectivity index (χ2v) is 5.35. The van der Waals surface area contributed by atoms with Crippen LogP contribution in [-0.4, -0.2) is 17.5 Å². The lowest BCUT2D eigenvalue weighted by molar-refractivity contribution is -0.384. The lowest BCUT2D eigenvalue weighted by Gasteiger charge is -2.35. The van der Waals surface area contributed by atoms with Crippen molar-refractivity contribution in [2.45, 2.75) is 45.1 Å². The minimum Gasteiger partial charge on any atom is -0.363 e. The molecule has 0 aromatic heterocycles. The summed E-state index contributed by atoms with van der Waals surface area (Å²) < 4.78 is 0. The number of nitro benzene ring substituents is 1. The van der Waals surface area contributed by atoms with E-state index in [4.69, 9.17) is 11.6 Å². The quantitative estimate of drug-likeness (QED) is 0.607. The summed E-state index contributed by atoms with van der Waals surface area (Å²) in [5.74, 6) is 0. The second kappa shape index (κ2) is 6.24. The van der Waals surface area contributed by atoms with E-state index in [-0.39, 0.29) is 15.6 Å². The molecule has 0 bridgehead atoms. The first-order valence-corrected chi connectivity index (χ1v) is 7.22. The minimum atomic E-state index is -0.372. The number of benzene rings is 1. The Kier molecular flexibility index (Phi) is 4.64. The van der Waals surface area contributed by atoms with Gasteiger partial charge in [0.1, 0.15) is 10.7 Å². The third kappa shape index (κ3) is 3.00. The summed E-state index contributed by atoms with van der Waals surface area (Å²) in [5.41, 5.74) is 0.698. The van der Waals surface area contributed by atoms with E-state index in [1.165, 1.54) is 19.3 Å². The highest BCUT2D eigenvalue weighted by molar-refractivity contribution is 6.33. The molecule has 1 fully saturated rings. The Morgan fingerprint density at radius 1 is 1.37 bits per heavy atom. The predicted octanol–water partition coefficient (Wildman–Crippen LogP) is 4.41. The number of rotatable bonds is 4. The van der Waals surface area contributed by atoms with Gasteiger partial charge >= 0.3 is 5.69 Å². The fourth-order valence-corrected chi connectivity index (χ4v) is 3.17.